The molecule has 2 rings (SSSR count). The Labute approximate surface area is 385 Å². The summed E-state index contributed by atoms with van der Waals surface area (Å²) in [5, 5.41) is 86.6. The van der Waals surface area contributed by atoms with Crippen molar-refractivity contribution in [2.45, 2.75) is 254 Å². The van der Waals surface area contributed by atoms with E-state index in [1.54, 1.807) is 6.08 Å². The summed E-state index contributed by atoms with van der Waals surface area (Å²) in [6.45, 7) is 2.73. The number of nitrogens with one attached hydrogen (secondary N) is 1. The first-order valence-electron chi connectivity index (χ1n) is 25.2. The van der Waals surface area contributed by atoms with Gasteiger partial charge in [-0.2, -0.15) is 0 Å². The number of allylic oxidation sites excluding steroid dienone is 5. The Bertz CT molecular complexity index is 1220. The number of hydrogen-bond acceptors (Lipinski definition) is 13. The predicted octanol–water partition coefficient (Wildman–Crippen LogP) is 6.32. The van der Waals surface area contributed by atoms with Gasteiger partial charge in [0.2, 0.25) is 5.91 Å². The van der Waals surface area contributed by atoms with E-state index in [9.17, 15) is 45.6 Å². The van der Waals surface area contributed by atoms with E-state index in [-0.39, 0.29) is 18.9 Å². The summed E-state index contributed by atoms with van der Waals surface area (Å²) < 4.78 is 22.6. The fourth-order valence-corrected chi connectivity index (χ4v) is 8.12. The number of carbonyl (C=O) groups excluding carboxylic acids is 1. The van der Waals surface area contributed by atoms with E-state index in [0.717, 1.165) is 38.5 Å². The van der Waals surface area contributed by atoms with Gasteiger partial charge in [-0.05, 0) is 57.8 Å². The lowest BCUT2D eigenvalue weighted by molar-refractivity contribution is -0.359. The number of aliphatic hydroxyl groups excluding tert-OH is 8. The first kappa shape index (κ1) is 58.3. The van der Waals surface area contributed by atoms with Crippen LogP contribution in [-0.4, -0.2) is 140 Å². The van der Waals surface area contributed by atoms with Gasteiger partial charge in [0.05, 0.1) is 32.0 Å². The summed E-state index contributed by atoms with van der Waals surface area (Å²) in [7, 11) is 0. The predicted molar refractivity (Wildman–Crippen MR) is 249 cm³/mol. The van der Waals surface area contributed by atoms with Crippen LogP contribution in [0.2, 0.25) is 0 Å². The number of hydrogen-bond donors (Lipinski definition) is 9. The van der Waals surface area contributed by atoms with E-state index in [2.05, 4.69) is 43.5 Å². The molecule has 64 heavy (non-hydrogen) atoms. The van der Waals surface area contributed by atoms with Crippen molar-refractivity contribution in [1.29, 1.82) is 0 Å². The maximum absolute atomic E-state index is 13.1. The molecule has 0 radical (unpaired) electrons. The fraction of sp³-hybridized carbons (Fsp3) is 0.860. The SMILES string of the molecule is CCCCCCCC/C=C/CC/C=C/C(O)C(COC1OC(CO)C(OC2OC(CO)C(O)C(O)C2O)C(O)C1O)NC(=O)CCCCCCCCC/C=C\CCCCCCCCC. The maximum atomic E-state index is 13.1. The molecule has 9 N–H and O–H groups in total. The van der Waals surface area contributed by atoms with Crippen LogP contribution >= 0.6 is 0 Å². The summed E-state index contributed by atoms with van der Waals surface area (Å²) in [5.74, 6) is -0.256. The monoisotopic (exact) mass is 914 g/mol. The maximum Gasteiger partial charge on any atom is 0.220 e. The topological polar surface area (TPSA) is 228 Å². The molecule has 12 unspecified atom stereocenters. The molecule has 2 saturated heterocycles. The highest BCUT2D eigenvalue weighted by Gasteiger charge is 2.51. The molecule has 0 spiro atoms. The largest absolute Gasteiger partial charge is 0.394 e. The Morgan fingerprint density at radius 1 is 0.547 bits per heavy atom. The Kier molecular flexibility index (Phi) is 33.9. The van der Waals surface area contributed by atoms with Crippen LogP contribution in [0.15, 0.2) is 36.5 Å². The molecule has 0 saturated carbocycles. The average Bonchev–Trinajstić information content (AvgIpc) is 3.29. The van der Waals surface area contributed by atoms with Gasteiger partial charge in [-0.3, -0.25) is 4.79 Å². The zero-order valence-electron chi connectivity index (χ0n) is 39.5. The van der Waals surface area contributed by atoms with Gasteiger partial charge < -0.3 is 65.1 Å². The highest BCUT2D eigenvalue weighted by Crippen LogP contribution is 2.30. The quantitative estimate of drug-likeness (QED) is 0.0244. The van der Waals surface area contributed by atoms with Crippen LogP contribution in [0.25, 0.3) is 0 Å². The van der Waals surface area contributed by atoms with Crippen LogP contribution in [0.3, 0.4) is 0 Å². The molecule has 12 atom stereocenters. The van der Waals surface area contributed by atoms with Gasteiger partial charge in [-0.25, -0.2) is 0 Å². The van der Waals surface area contributed by atoms with Crippen molar-refractivity contribution < 1.29 is 64.6 Å². The van der Waals surface area contributed by atoms with E-state index < -0.39 is 86.8 Å². The van der Waals surface area contributed by atoms with E-state index in [1.165, 1.54) is 109 Å². The van der Waals surface area contributed by atoms with E-state index >= 15 is 0 Å². The number of unbranched alkanes of at least 4 members (excludes halogenated alkanes) is 21. The van der Waals surface area contributed by atoms with Crippen molar-refractivity contribution in [2.24, 2.45) is 0 Å². The lowest BCUT2D eigenvalue weighted by atomic mass is 9.97. The zero-order chi connectivity index (χ0) is 46.8. The first-order valence-corrected chi connectivity index (χ1v) is 25.2. The molecule has 374 valence electrons. The van der Waals surface area contributed by atoms with E-state index in [4.69, 9.17) is 18.9 Å². The third-order valence-electron chi connectivity index (χ3n) is 12.3. The van der Waals surface area contributed by atoms with Crippen LogP contribution in [-0.2, 0) is 23.7 Å². The van der Waals surface area contributed by atoms with Crippen molar-refractivity contribution in [1.82, 2.24) is 5.32 Å². The van der Waals surface area contributed by atoms with Gasteiger partial charge in [0, 0.05) is 6.42 Å². The van der Waals surface area contributed by atoms with Gasteiger partial charge in [0.15, 0.2) is 12.6 Å². The number of amides is 1. The molecule has 0 aromatic carbocycles. The molecule has 14 heteroatoms. The van der Waals surface area contributed by atoms with Gasteiger partial charge in [0.25, 0.3) is 0 Å². The Morgan fingerprint density at radius 3 is 1.53 bits per heavy atom. The standard InChI is InChI=1S/C50H91NO13/c1-3-5-7-9-11-13-15-17-18-19-20-21-22-24-26-28-30-32-34-42(55)51-38(39(54)33-31-29-27-25-23-16-14-12-10-8-6-4-2)37-61-49-47(60)45(58)48(41(36-53)63-49)64-50-46(59)44(57)43(56)40(35-52)62-50/h18-19,23,25,31,33,38-41,43-50,52-54,56-60H,3-17,20-22,24,26-30,32,34-37H2,1-2H3,(H,51,55)/b19-18-,25-23+,33-31+. The second-order valence-electron chi connectivity index (χ2n) is 17.9. The van der Waals surface area contributed by atoms with Crippen LogP contribution in [0, 0.1) is 0 Å². The fourth-order valence-electron chi connectivity index (χ4n) is 8.12. The Hall–Kier alpha value is -1.79. The van der Waals surface area contributed by atoms with Gasteiger partial charge in [0.1, 0.15) is 48.8 Å². The molecule has 1 amide bonds. The molecule has 0 aliphatic carbocycles. The van der Waals surface area contributed by atoms with E-state index in [0.29, 0.717) is 12.8 Å². The summed E-state index contributed by atoms with van der Waals surface area (Å²) in [6, 6.07) is -0.930. The summed E-state index contributed by atoms with van der Waals surface area (Å²) >= 11 is 0. The molecular weight excluding hydrogens is 823 g/mol. The van der Waals surface area contributed by atoms with Crippen molar-refractivity contribution in [3.8, 4) is 0 Å². The molecule has 0 aromatic rings. The molecular formula is C50H91NO13. The minimum atomic E-state index is -1.79. The van der Waals surface area contributed by atoms with Gasteiger partial charge in [-0.1, -0.05) is 153 Å². The highest BCUT2D eigenvalue weighted by molar-refractivity contribution is 5.76. The summed E-state index contributed by atoms with van der Waals surface area (Å²) in [6.07, 6.45) is 24.7. The number of aliphatic hydroxyl groups is 8. The second kappa shape index (κ2) is 37.2. The smallest absolute Gasteiger partial charge is 0.220 e. The molecule has 2 fully saturated rings. The molecule has 2 aliphatic heterocycles. The molecule has 0 aromatic heterocycles. The van der Waals surface area contributed by atoms with Crippen molar-refractivity contribution in [2.75, 3.05) is 19.8 Å². The molecule has 14 nitrogen and oxygen atoms in total. The number of ether oxygens (including phenoxy) is 4. The molecule has 2 aliphatic rings. The van der Waals surface area contributed by atoms with Crippen LogP contribution in [0.4, 0.5) is 0 Å². The van der Waals surface area contributed by atoms with Crippen LogP contribution < -0.4 is 5.32 Å². The zero-order valence-corrected chi connectivity index (χ0v) is 39.5. The second-order valence-corrected chi connectivity index (χ2v) is 17.9. The van der Waals surface area contributed by atoms with Crippen molar-refractivity contribution in [3.63, 3.8) is 0 Å². The summed E-state index contributed by atoms with van der Waals surface area (Å²) in [4.78, 5) is 13.1. The highest BCUT2D eigenvalue weighted by atomic mass is 16.7. The van der Waals surface area contributed by atoms with Gasteiger partial charge in [-0.15, -0.1) is 0 Å². The summed E-state index contributed by atoms with van der Waals surface area (Å²) in [5.41, 5.74) is 0. The van der Waals surface area contributed by atoms with Gasteiger partial charge >= 0.3 is 0 Å². The lowest BCUT2D eigenvalue weighted by Crippen LogP contribution is -2.65. The third-order valence-corrected chi connectivity index (χ3v) is 12.3. The van der Waals surface area contributed by atoms with Crippen molar-refractivity contribution in [3.05, 3.63) is 36.5 Å². The number of carbonyl (C=O) groups is 1. The Morgan fingerprint density at radius 2 is 1.00 bits per heavy atom. The minimum absolute atomic E-state index is 0.256. The first-order chi connectivity index (χ1) is 31.1. The average molecular weight is 914 g/mol. The minimum Gasteiger partial charge on any atom is -0.394 e. The lowest BCUT2D eigenvalue weighted by Gasteiger charge is -2.46. The Balaban J connectivity index is 1.85. The molecule has 0 bridgehead atoms. The van der Waals surface area contributed by atoms with Crippen molar-refractivity contribution >= 4 is 5.91 Å². The normalized spacial score (nSPS) is 27.5. The number of rotatable bonds is 38. The third kappa shape index (κ3) is 24.3. The molecule has 2 heterocycles. The van der Waals surface area contributed by atoms with Crippen LogP contribution in [0.5, 0.6) is 0 Å². The van der Waals surface area contributed by atoms with Crippen LogP contribution in [0.1, 0.15) is 181 Å². The van der Waals surface area contributed by atoms with E-state index in [1.807, 2.05) is 6.08 Å².